The standard InChI is InChI=1S/C11H23N3O2/c1-10(9-16-3)14(6-7-15-2)5-4-11(13)8-12/h10-11H,4-7,9,13H2,1-3H3. The van der Waals surface area contributed by atoms with Gasteiger partial charge in [-0.1, -0.05) is 0 Å². The molecule has 0 aliphatic heterocycles. The molecule has 0 fully saturated rings. The zero-order chi connectivity index (χ0) is 12.4. The maximum absolute atomic E-state index is 8.62. The molecule has 2 N–H and O–H groups in total. The molecule has 0 radical (unpaired) electrons. The molecule has 0 aromatic heterocycles. The van der Waals surface area contributed by atoms with Gasteiger partial charge in [0.05, 0.1) is 25.3 Å². The first-order chi connectivity index (χ1) is 7.65. The van der Waals surface area contributed by atoms with Crippen molar-refractivity contribution >= 4 is 0 Å². The van der Waals surface area contributed by atoms with Crippen LogP contribution in [0.5, 0.6) is 0 Å². The zero-order valence-corrected chi connectivity index (χ0v) is 10.5. The van der Waals surface area contributed by atoms with Crippen LogP contribution in [-0.2, 0) is 9.47 Å². The minimum Gasteiger partial charge on any atom is -0.383 e. The summed E-state index contributed by atoms with van der Waals surface area (Å²) in [6.07, 6.45) is 0.675. The fourth-order valence-electron chi connectivity index (χ4n) is 1.48. The monoisotopic (exact) mass is 229 g/mol. The molecule has 2 atom stereocenters. The number of ether oxygens (including phenoxy) is 2. The molecule has 0 aliphatic carbocycles. The van der Waals surface area contributed by atoms with Crippen LogP contribution < -0.4 is 5.73 Å². The molecule has 0 rings (SSSR count). The zero-order valence-electron chi connectivity index (χ0n) is 10.5. The Bertz CT molecular complexity index is 206. The third kappa shape index (κ3) is 6.75. The van der Waals surface area contributed by atoms with Crippen molar-refractivity contribution < 1.29 is 9.47 Å². The van der Waals surface area contributed by atoms with Crippen LogP contribution in [0.2, 0.25) is 0 Å². The highest BCUT2D eigenvalue weighted by molar-refractivity contribution is 4.87. The summed E-state index contributed by atoms with van der Waals surface area (Å²) < 4.78 is 10.2. The first-order valence-electron chi connectivity index (χ1n) is 5.52. The Labute approximate surface area is 98.1 Å². The molecule has 0 saturated heterocycles. The number of nitrogens with zero attached hydrogens (tertiary/aromatic N) is 2. The summed E-state index contributed by atoms with van der Waals surface area (Å²) >= 11 is 0. The van der Waals surface area contributed by atoms with E-state index in [0.29, 0.717) is 25.7 Å². The third-order valence-corrected chi connectivity index (χ3v) is 2.51. The molecule has 5 heteroatoms. The van der Waals surface area contributed by atoms with Gasteiger partial charge in [-0.05, 0) is 13.3 Å². The van der Waals surface area contributed by atoms with E-state index < -0.39 is 0 Å². The van der Waals surface area contributed by atoms with E-state index in [4.69, 9.17) is 20.5 Å². The molecule has 2 unspecified atom stereocenters. The van der Waals surface area contributed by atoms with Crippen molar-refractivity contribution in [2.24, 2.45) is 5.73 Å². The van der Waals surface area contributed by atoms with Crippen LogP contribution in [0.15, 0.2) is 0 Å². The lowest BCUT2D eigenvalue weighted by Gasteiger charge is -2.28. The Morgan fingerprint density at radius 3 is 2.50 bits per heavy atom. The van der Waals surface area contributed by atoms with E-state index in [2.05, 4.69) is 11.8 Å². The molecule has 0 heterocycles. The molecular formula is C11H23N3O2. The third-order valence-electron chi connectivity index (χ3n) is 2.51. The second kappa shape index (κ2) is 9.55. The predicted molar refractivity (Wildman–Crippen MR) is 63.0 cm³/mol. The maximum Gasteiger partial charge on any atom is 0.0940 e. The first kappa shape index (κ1) is 15.3. The largest absolute Gasteiger partial charge is 0.383 e. The van der Waals surface area contributed by atoms with Crippen molar-refractivity contribution in [2.75, 3.05) is 40.5 Å². The predicted octanol–water partition coefficient (Wildman–Crippen LogP) is 0.211. The van der Waals surface area contributed by atoms with Crippen molar-refractivity contribution in [1.82, 2.24) is 4.90 Å². The van der Waals surface area contributed by atoms with Crippen LogP contribution >= 0.6 is 0 Å². The fraction of sp³-hybridized carbons (Fsp3) is 0.909. The summed E-state index contributed by atoms with van der Waals surface area (Å²) in [6.45, 7) is 5.07. The molecule has 0 saturated carbocycles. The van der Waals surface area contributed by atoms with Crippen LogP contribution in [0.3, 0.4) is 0 Å². The fourth-order valence-corrected chi connectivity index (χ4v) is 1.48. The summed E-state index contributed by atoms with van der Waals surface area (Å²) in [4.78, 5) is 2.23. The van der Waals surface area contributed by atoms with Crippen LogP contribution in [0.25, 0.3) is 0 Å². The van der Waals surface area contributed by atoms with Gasteiger partial charge in [-0.2, -0.15) is 5.26 Å². The minimum absolute atomic E-state index is 0.311. The highest BCUT2D eigenvalue weighted by atomic mass is 16.5. The minimum atomic E-state index is -0.389. The summed E-state index contributed by atoms with van der Waals surface area (Å²) in [6, 6.07) is 1.96. The average Bonchev–Trinajstić information content (AvgIpc) is 2.29. The highest BCUT2D eigenvalue weighted by Gasteiger charge is 2.14. The van der Waals surface area contributed by atoms with Gasteiger partial charge in [0, 0.05) is 33.4 Å². The highest BCUT2D eigenvalue weighted by Crippen LogP contribution is 2.02. The molecule has 0 aromatic carbocycles. The Kier molecular flexibility index (Phi) is 9.15. The van der Waals surface area contributed by atoms with Gasteiger partial charge in [-0.25, -0.2) is 0 Å². The molecule has 0 bridgehead atoms. The lowest BCUT2D eigenvalue weighted by molar-refractivity contribution is 0.0740. The number of hydrogen-bond acceptors (Lipinski definition) is 5. The first-order valence-corrected chi connectivity index (χ1v) is 5.52. The maximum atomic E-state index is 8.62. The smallest absolute Gasteiger partial charge is 0.0940 e. The van der Waals surface area contributed by atoms with E-state index in [0.717, 1.165) is 13.1 Å². The van der Waals surface area contributed by atoms with Gasteiger partial charge in [0.25, 0.3) is 0 Å². The van der Waals surface area contributed by atoms with Crippen molar-refractivity contribution in [1.29, 1.82) is 5.26 Å². The number of methoxy groups -OCH3 is 2. The van der Waals surface area contributed by atoms with Gasteiger partial charge in [-0.3, -0.25) is 4.90 Å². The van der Waals surface area contributed by atoms with Gasteiger partial charge in [0.1, 0.15) is 0 Å². The van der Waals surface area contributed by atoms with E-state index in [1.165, 1.54) is 0 Å². The molecule has 0 spiro atoms. The van der Waals surface area contributed by atoms with E-state index in [1.807, 2.05) is 6.07 Å². The van der Waals surface area contributed by atoms with Crippen molar-refractivity contribution in [2.45, 2.75) is 25.4 Å². The van der Waals surface area contributed by atoms with Gasteiger partial charge in [-0.15, -0.1) is 0 Å². The SMILES string of the molecule is COCCN(CCC(N)C#N)C(C)COC. The Hall–Kier alpha value is -0.670. The summed E-state index contributed by atoms with van der Waals surface area (Å²) in [5, 5.41) is 8.62. The Morgan fingerprint density at radius 1 is 1.31 bits per heavy atom. The molecule has 0 aromatic rings. The van der Waals surface area contributed by atoms with E-state index in [1.54, 1.807) is 14.2 Å². The lowest BCUT2D eigenvalue weighted by atomic mass is 10.2. The van der Waals surface area contributed by atoms with Gasteiger partial charge in [0.15, 0.2) is 0 Å². The lowest BCUT2D eigenvalue weighted by Crippen LogP contribution is -2.40. The molecule has 0 amide bonds. The summed E-state index contributed by atoms with van der Waals surface area (Å²) in [5.74, 6) is 0. The molecule has 5 nitrogen and oxygen atoms in total. The summed E-state index contributed by atoms with van der Waals surface area (Å²) in [7, 11) is 3.37. The van der Waals surface area contributed by atoms with Crippen LogP contribution in [0.1, 0.15) is 13.3 Å². The summed E-state index contributed by atoms with van der Waals surface area (Å²) in [5.41, 5.74) is 5.57. The van der Waals surface area contributed by atoms with Crippen molar-refractivity contribution in [3.05, 3.63) is 0 Å². The molecular weight excluding hydrogens is 206 g/mol. The van der Waals surface area contributed by atoms with Gasteiger partial charge < -0.3 is 15.2 Å². The normalized spacial score (nSPS) is 14.8. The molecule has 94 valence electrons. The quantitative estimate of drug-likeness (QED) is 0.612. The number of rotatable bonds is 9. The molecule has 0 aliphatic rings. The van der Waals surface area contributed by atoms with Crippen LogP contribution in [0.4, 0.5) is 0 Å². The van der Waals surface area contributed by atoms with E-state index in [-0.39, 0.29) is 6.04 Å². The number of hydrogen-bond donors (Lipinski definition) is 1. The second-order valence-electron chi connectivity index (χ2n) is 3.86. The number of nitriles is 1. The topological polar surface area (TPSA) is 71.5 Å². The second-order valence-corrected chi connectivity index (χ2v) is 3.86. The van der Waals surface area contributed by atoms with E-state index >= 15 is 0 Å². The van der Waals surface area contributed by atoms with Crippen molar-refractivity contribution in [3.8, 4) is 6.07 Å². The Morgan fingerprint density at radius 2 is 2.00 bits per heavy atom. The Balaban J connectivity index is 4.04. The van der Waals surface area contributed by atoms with Crippen molar-refractivity contribution in [3.63, 3.8) is 0 Å². The van der Waals surface area contributed by atoms with Crippen LogP contribution in [-0.4, -0.2) is 57.5 Å². The van der Waals surface area contributed by atoms with Crippen LogP contribution in [0, 0.1) is 11.3 Å². The van der Waals surface area contributed by atoms with Gasteiger partial charge >= 0.3 is 0 Å². The average molecular weight is 229 g/mol. The molecule has 16 heavy (non-hydrogen) atoms. The van der Waals surface area contributed by atoms with E-state index in [9.17, 15) is 0 Å². The van der Waals surface area contributed by atoms with Gasteiger partial charge in [0.2, 0.25) is 0 Å². The number of nitrogens with two attached hydrogens (primary N) is 1.